The van der Waals surface area contributed by atoms with E-state index in [1.807, 2.05) is 56.3 Å². The van der Waals surface area contributed by atoms with Gasteiger partial charge in [-0.2, -0.15) is 5.26 Å². The van der Waals surface area contributed by atoms with Gasteiger partial charge in [-0.25, -0.2) is 0 Å². The molecule has 8 heteroatoms. The summed E-state index contributed by atoms with van der Waals surface area (Å²) in [6, 6.07) is 27.3. The lowest BCUT2D eigenvalue weighted by atomic mass is 10.1. The smallest absolute Gasteiger partial charge is 0.273 e. The number of hydrogen-bond acceptors (Lipinski definition) is 5. The molecule has 0 spiro atoms. The van der Waals surface area contributed by atoms with Gasteiger partial charge in [0.15, 0.2) is 5.57 Å². The van der Waals surface area contributed by atoms with Crippen LogP contribution in [-0.4, -0.2) is 10.5 Å². The maximum Gasteiger partial charge on any atom is 0.273 e. The van der Waals surface area contributed by atoms with Gasteiger partial charge in [-0.3, -0.25) is 14.2 Å². The fourth-order valence-corrected chi connectivity index (χ4v) is 5.35. The number of amides is 1. The van der Waals surface area contributed by atoms with Crippen LogP contribution in [0.4, 0.5) is 5.69 Å². The van der Waals surface area contributed by atoms with Crippen molar-refractivity contribution in [2.45, 2.75) is 13.8 Å². The standard InChI is InChI=1S/C31H22ClN3O3S/c1-19-12-13-21(16-20(19)2)34-29(36)25(18-33)31-35(22-8-4-3-5-9-22)30(37)28(39-31)17-23-14-15-27(38-23)24-10-6-7-11-26(24)32/h3-17H,1-2H3,(H,34,36). The number of nitrogens with one attached hydrogen (secondary N) is 1. The number of furan rings is 1. The quantitative estimate of drug-likeness (QED) is 0.309. The molecule has 0 atom stereocenters. The first kappa shape index (κ1) is 26.0. The number of carbonyl (C=O) groups excluding carboxylic acids is 1. The predicted octanol–water partition coefficient (Wildman–Crippen LogP) is 5.57. The summed E-state index contributed by atoms with van der Waals surface area (Å²) < 4.78 is 7.88. The first-order valence-electron chi connectivity index (χ1n) is 12.0. The van der Waals surface area contributed by atoms with Gasteiger partial charge in [0.25, 0.3) is 11.5 Å². The highest BCUT2D eigenvalue weighted by molar-refractivity contribution is 7.07. The molecule has 0 radical (unpaired) electrons. The van der Waals surface area contributed by atoms with Crippen molar-refractivity contribution in [3.63, 3.8) is 0 Å². The third-order valence-corrected chi connectivity index (χ3v) is 7.62. The number of nitriles is 1. The van der Waals surface area contributed by atoms with Crippen LogP contribution in [0.15, 0.2) is 94.1 Å². The molecule has 2 aromatic heterocycles. The average molecular weight is 552 g/mol. The summed E-state index contributed by atoms with van der Waals surface area (Å²) in [7, 11) is 0. The van der Waals surface area contributed by atoms with Crippen LogP contribution in [0.1, 0.15) is 16.9 Å². The van der Waals surface area contributed by atoms with Crippen molar-refractivity contribution in [1.29, 1.82) is 5.26 Å². The van der Waals surface area contributed by atoms with E-state index in [0.29, 0.717) is 32.5 Å². The molecule has 39 heavy (non-hydrogen) atoms. The molecule has 1 amide bonds. The molecule has 0 aliphatic rings. The molecule has 0 saturated carbocycles. The molecule has 192 valence electrons. The Morgan fingerprint density at radius 3 is 2.46 bits per heavy atom. The van der Waals surface area contributed by atoms with Gasteiger partial charge in [-0.05, 0) is 73.5 Å². The Labute approximate surface area is 233 Å². The van der Waals surface area contributed by atoms with Crippen molar-refractivity contribution in [2.24, 2.45) is 0 Å². The summed E-state index contributed by atoms with van der Waals surface area (Å²) in [5.74, 6) is 0.398. The molecule has 5 aromatic rings. The Bertz CT molecular complexity index is 1930. The van der Waals surface area contributed by atoms with Gasteiger partial charge in [0.2, 0.25) is 0 Å². The molecule has 0 bridgehead atoms. The molecular weight excluding hydrogens is 530 g/mol. The SMILES string of the molecule is Cc1ccc(NC(=O)C(C#N)=c2sc(=Cc3ccc(-c4ccccc4Cl)o3)c(=O)n2-c2ccccc2)cc1C. The van der Waals surface area contributed by atoms with Gasteiger partial charge in [-0.1, -0.05) is 48.0 Å². The maximum absolute atomic E-state index is 13.6. The number of para-hydroxylation sites is 1. The van der Waals surface area contributed by atoms with E-state index >= 15 is 0 Å². The maximum atomic E-state index is 13.6. The summed E-state index contributed by atoms with van der Waals surface area (Å²) in [5, 5.41) is 13.4. The lowest BCUT2D eigenvalue weighted by Crippen LogP contribution is -2.32. The third-order valence-electron chi connectivity index (χ3n) is 6.19. The molecule has 0 fully saturated rings. The predicted molar refractivity (Wildman–Crippen MR) is 155 cm³/mol. The highest BCUT2D eigenvalue weighted by Crippen LogP contribution is 2.29. The minimum Gasteiger partial charge on any atom is -0.457 e. The fourth-order valence-electron chi connectivity index (χ4n) is 4.04. The number of anilines is 1. The van der Waals surface area contributed by atoms with Crippen molar-refractivity contribution >= 4 is 46.2 Å². The summed E-state index contributed by atoms with van der Waals surface area (Å²) in [6.07, 6.45) is 1.60. The van der Waals surface area contributed by atoms with Gasteiger partial charge in [0, 0.05) is 17.3 Å². The van der Waals surface area contributed by atoms with Gasteiger partial charge >= 0.3 is 0 Å². The Morgan fingerprint density at radius 2 is 1.74 bits per heavy atom. The number of benzene rings is 3. The number of rotatable bonds is 5. The first-order valence-corrected chi connectivity index (χ1v) is 13.2. The van der Waals surface area contributed by atoms with E-state index in [1.54, 1.807) is 54.6 Å². The highest BCUT2D eigenvalue weighted by Gasteiger charge is 2.18. The first-order chi connectivity index (χ1) is 18.9. The second-order valence-electron chi connectivity index (χ2n) is 8.81. The highest BCUT2D eigenvalue weighted by atomic mass is 35.5. The molecular formula is C31H22ClN3O3S. The Hall–Kier alpha value is -4.64. The van der Waals surface area contributed by atoms with Gasteiger partial charge < -0.3 is 9.73 Å². The van der Waals surface area contributed by atoms with Crippen LogP contribution in [0.25, 0.3) is 28.7 Å². The van der Waals surface area contributed by atoms with Crippen LogP contribution < -0.4 is 20.1 Å². The van der Waals surface area contributed by atoms with Crippen LogP contribution in [-0.2, 0) is 4.79 Å². The van der Waals surface area contributed by atoms with Crippen LogP contribution in [0.3, 0.4) is 0 Å². The number of thiazole rings is 1. The largest absolute Gasteiger partial charge is 0.457 e. The number of nitrogens with zero attached hydrogens (tertiary/aromatic N) is 2. The molecule has 1 N–H and O–H groups in total. The van der Waals surface area contributed by atoms with Gasteiger partial charge in [0.05, 0.1) is 15.2 Å². The third kappa shape index (κ3) is 5.34. The average Bonchev–Trinajstić information content (AvgIpc) is 3.52. The van der Waals surface area contributed by atoms with Crippen LogP contribution in [0.2, 0.25) is 5.02 Å². The van der Waals surface area contributed by atoms with Gasteiger partial charge in [0.1, 0.15) is 22.3 Å². The molecule has 2 heterocycles. The van der Waals surface area contributed by atoms with E-state index in [2.05, 4.69) is 5.32 Å². The second-order valence-corrected chi connectivity index (χ2v) is 10.3. The minimum absolute atomic E-state index is 0.171. The molecule has 6 nitrogen and oxygen atoms in total. The second kappa shape index (κ2) is 11.0. The number of aromatic nitrogens is 1. The number of aryl methyl sites for hydroxylation is 2. The van der Waals surface area contributed by atoms with Crippen LogP contribution in [0.5, 0.6) is 0 Å². The van der Waals surface area contributed by atoms with Crippen molar-refractivity contribution in [2.75, 3.05) is 5.32 Å². The molecule has 0 saturated heterocycles. The summed E-state index contributed by atoms with van der Waals surface area (Å²) in [4.78, 5) is 26.9. The molecule has 0 unspecified atom stereocenters. The van der Waals surface area contributed by atoms with E-state index in [9.17, 15) is 14.9 Å². The molecule has 0 aliphatic carbocycles. The zero-order chi connectivity index (χ0) is 27.5. The molecule has 0 aliphatic heterocycles. The Balaban J connectivity index is 1.66. The van der Waals surface area contributed by atoms with Crippen molar-refractivity contribution < 1.29 is 9.21 Å². The zero-order valence-corrected chi connectivity index (χ0v) is 22.6. The topological polar surface area (TPSA) is 88.0 Å². The molecule has 5 rings (SSSR count). The van der Waals surface area contributed by atoms with E-state index in [-0.39, 0.29) is 15.8 Å². The normalized spacial score (nSPS) is 12.2. The number of halogens is 1. The summed E-state index contributed by atoms with van der Waals surface area (Å²) >= 11 is 7.36. The van der Waals surface area contributed by atoms with Crippen molar-refractivity contribution in [3.8, 4) is 23.1 Å². The summed E-state index contributed by atoms with van der Waals surface area (Å²) in [5.41, 5.74) is 3.39. The lowest BCUT2D eigenvalue weighted by molar-refractivity contribution is -0.111. The number of hydrogen-bond donors (Lipinski definition) is 1. The summed E-state index contributed by atoms with van der Waals surface area (Å²) in [6.45, 7) is 3.92. The lowest BCUT2D eigenvalue weighted by Gasteiger charge is -2.07. The van der Waals surface area contributed by atoms with Crippen LogP contribution >= 0.6 is 22.9 Å². The zero-order valence-electron chi connectivity index (χ0n) is 21.1. The Morgan fingerprint density at radius 1 is 1.00 bits per heavy atom. The fraction of sp³-hybridized carbons (Fsp3) is 0.0645. The van der Waals surface area contributed by atoms with Gasteiger partial charge in [-0.15, -0.1) is 11.3 Å². The van der Waals surface area contributed by atoms with E-state index in [0.717, 1.165) is 28.0 Å². The van der Waals surface area contributed by atoms with Crippen LogP contribution in [0, 0.1) is 25.2 Å². The number of carbonyl (C=O) groups is 1. The van der Waals surface area contributed by atoms with Crippen molar-refractivity contribution in [1.82, 2.24) is 4.57 Å². The van der Waals surface area contributed by atoms with E-state index in [4.69, 9.17) is 16.0 Å². The van der Waals surface area contributed by atoms with E-state index in [1.165, 1.54) is 4.57 Å². The monoisotopic (exact) mass is 551 g/mol. The minimum atomic E-state index is -0.600. The Kier molecular flexibility index (Phi) is 7.33. The van der Waals surface area contributed by atoms with Crippen molar-refractivity contribution in [3.05, 3.63) is 126 Å². The molecule has 3 aromatic carbocycles. The van der Waals surface area contributed by atoms with E-state index < -0.39 is 5.91 Å².